The van der Waals surface area contributed by atoms with Crippen LogP contribution < -0.4 is 0 Å². The summed E-state index contributed by atoms with van der Waals surface area (Å²) in [7, 11) is 0. The van der Waals surface area contributed by atoms with E-state index in [4.69, 9.17) is 4.42 Å². The summed E-state index contributed by atoms with van der Waals surface area (Å²) in [6, 6.07) is 25.7. The monoisotopic (exact) mass is 601 g/mol. The fourth-order valence-electron chi connectivity index (χ4n) is 6.35. The van der Waals surface area contributed by atoms with Crippen LogP contribution in [0, 0.1) is 13.8 Å². The lowest BCUT2D eigenvalue weighted by Crippen LogP contribution is -1.93. The van der Waals surface area contributed by atoms with Gasteiger partial charge in [-0.05, 0) is 79.6 Å². The minimum absolute atomic E-state index is 0.278. The Balaban J connectivity index is 1.33. The molecule has 41 heavy (non-hydrogen) atoms. The van der Waals surface area contributed by atoms with E-state index in [1.807, 2.05) is 57.5 Å². The molecule has 7 heteroatoms. The molecule has 0 atom stereocenters. The van der Waals surface area contributed by atoms with Crippen molar-refractivity contribution in [2.24, 2.45) is 0 Å². The fourth-order valence-corrected chi connectivity index (χ4v) is 11.5. The molecule has 196 valence electrons. The number of hydrogen-bond donors (Lipinski definition) is 1. The number of phenols is 1. The van der Waals surface area contributed by atoms with Crippen LogP contribution in [0.3, 0.4) is 0 Å². The van der Waals surface area contributed by atoms with Gasteiger partial charge in [0.1, 0.15) is 5.75 Å². The van der Waals surface area contributed by atoms with Gasteiger partial charge in [0.15, 0.2) is 11.2 Å². The molecule has 0 bridgehead atoms. The number of benzene rings is 4. The van der Waals surface area contributed by atoms with E-state index in [0.29, 0.717) is 0 Å². The predicted octanol–water partition coefficient (Wildman–Crippen LogP) is 11.9. The molecule has 10 rings (SSSR count). The molecule has 0 amide bonds. The normalized spacial score (nSPS) is 12.7. The summed E-state index contributed by atoms with van der Waals surface area (Å²) in [6.45, 7) is 4.30. The van der Waals surface area contributed by atoms with Crippen molar-refractivity contribution in [1.82, 2.24) is 4.57 Å². The summed E-state index contributed by atoms with van der Waals surface area (Å²) in [5.41, 5.74) is 8.14. The Morgan fingerprint density at radius 2 is 1.05 bits per heavy atom. The molecule has 6 aromatic heterocycles. The lowest BCUT2D eigenvalue weighted by Gasteiger charge is -2.08. The molecule has 0 saturated heterocycles. The molecule has 10 aromatic rings. The number of rotatable bonds is 1. The Labute approximate surface area is 248 Å². The maximum absolute atomic E-state index is 10.1. The van der Waals surface area contributed by atoms with Gasteiger partial charge in [-0.1, -0.05) is 18.2 Å². The van der Waals surface area contributed by atoms with Crippen molar-refractivity contribution in [3.63, 3.8) is 0 Å². The molecule has 3 nitrogen and oxygen atoms in total. The summed E-state index contributed by atoms with van der Waals surface area (Å²) in [5, 5.41) is 15.0. The van der Waals surface area contributed by atoms with E-state index in [-0.39, 0.29) is 5.75 Å². The smallest absolute Gasteiger partial charge is 0.155 e. The maximum Gasteiger partial charge on any atom is 0.155 e. The number of aromatic hydroxyl groups is 1. The van der Waals surface area contributed by atoms with E-state index in [2.05, 4.69) is 66.9 Å². The number of aryl methyl sites for hydroxylation is 2. The molecule has 0 aliphatic rings. The van der Waals surface area contributed by atoms with E-state index in [1.54, 1.807) is 12.1 Å². The third-order valence-electron chi connectivity index (χ3n) is 8.22. The highest BCUT2D eigenvalue weighted by Crippen LogP contribution is 2.52. The first kappa shape index (κ1) is 22.8. The SMILES string of the molecule is Cc1ccc2c(c1)sc1c2oc2c3cc4sc5c6sc7cc(C)ccc7c6n(-c6ccc(O)cc6)c5c4cc3sc21. The molecule has 0 aliphatic carbocycles. The molecule has 0 spiro atoms. The van der Waals surface area contributed by atoms with E-state index in [1.165, 1.54) is 81.3 Å². The molecule has 0 unspecified atom stereocenters. The van der Waals surface area contributed by atoms with Crippen LogP contribution in [-0.2, 0) is 0 Å². The van der Waals surface area contributed by atoms with Crippen molar-refractivity contribution >= 4 is 127 Å². The van der Waals surface area contributed by atoms with Crippen molar-refractivity contribution in [3.8, 4) is 11.4 Å². The standard InChI is InChI=1S/C34H19NO2S4/c1-15-3-9-19-23(11-15)38-31-27(19)35(17-5-7-18(36)8-6-17)28-21-13-26-22(14-25(21)39-32(28)31)30-34(41-26)33-29(37-30)20-10-4-16(2)12-24(20)40-33/h3-14,36H,1-2H3. The average Bonchev–Trinajstić information content (AvgIpc) is 3.76. The van der Waals surface area contributed by atoms with Crippen LogP contribution in [-0.4, -0.2) is 9.67 Å². The van der Waals surface area contributed by atoms with Gasteiger partial charge in [-0.2, -0.15) is 0 Å². The first-order chi connectivity index (χ1) is 20.0. The van der Waals surface area contributed by atoms with Gasteiger partial charge in [-0.15, -0.1) is 45.3 Å². The Kier molecular flexibility index (Phi) is 4.27. The fraction of sp³-hybridized carbons (Fsp3) is 0.0588. The number of fused-ring (bicyclic) bond motifs is 14. The average molecular weight is 602 g/mol. The zero-order valence-corrected chi connectivity index (χ0v) is 25.1. The van der Waals surface area contributed by atoms with Gasteiger partial charge in [-0.25, -0.2) is 0 Å². The number of thiophene rings is 4. The molecular weight excluding hydrogens is 583 g/mol. The molecule has 6 heterocycles. The first-order valence-corrected chi connectivity index (χ1v) is 16.7. The van der Waals surface area contributed by atoms with Crippen LogP contribution in [0.2, 0.25) is 0 Å². The third kappa shape index (κ3) is 2.91. The van der Waals surface area contributed by atoms with E-state index in [0.717, 1.165) is 16.9 Å². The van der Waals surface area contributed by atoms with Crippen LogP contribution >= 0.6 is 45.3 Å². The molecular formula is C34H19NO2S4. The number of phenolic OH excluding ortho intramolecular Hbond substituents is 1. The van der Waals surface area contributed by atoms with Crippen molar-refractivity contribution in [2.75, 3.05) is 0 Å². The minimum Gasteiger partial charge on any atom is -0.508 e. The number of nitrogens with zero attached hydrogens (tertiary/aromatic N) is 1. The molecule has 1 N–H and O–H groups in total. The second-order valence-corrected chi connectivity index (χ2v) is 15.1. The Morgan fingerprint density at radius 3 is 1.76 bits per heavy atom. The Bertz CT molecular complexity index is 2720. The molecule has 0 saturated carbocycles. The number of hydrogen-bond acceptors (Lipinski definition) is 6. The van der Waals surface area contributed by atoms with Gasteiger partial charge in [0.25, 0.3) is 0 Å². The van der Waals surface area contributed by atoms with Crippen LogP contribution in [0.5, 0.6) is 5.75 Å². The van der Waals surface area contributed by atoms with E-state index >= 15 is 0 Å². The summed E-state index contributed by atoms with van der Waals surface area (Å²) in [6.07, 6.45) is 0. The quantitative estimate of drug-likeness (QED) is 0.203. The first-order valence-electron chi connectivity index (χ1n) is 13.4. The third-order valence-corrected chi connectivity index (χ3v) is 13.1. The number of furan rings is 1. The Hall–Kier alpha value is -3.88. The highest BCUT2D eigenvalue weighted by Gasteiger charge is 2.24. The van der Waals surface area contributed by atoms with Crippen molar-refractivity contribution in [1.29, 1.82) is 0 Å². The van der Waals surface area contributed by atoms with Crippen molar-refractivity contribution < 1.29 is 9.52 Å². The summed E-state index contributed by atoms with van der Waals surface area (Å²) in [4.78, 5) is 0. The highest BCUT2D eigenvalue weighted by molar-refractivity contribution is 7.35. The summed E-state index contributed by atoms with van der Waals surface area (Å²) >= 11 is 7.44. The van der Waals surface area contributed by atoms with Crippen LogP contribution in [0.4, 0.5) is 0 Å². The zero-order valence-electron chi connectivity index (χ0n) is 21.9. The second kappa shape index (κ2) is 7.69. The van der Waals surface area contributed by atoms with E-state index < -0.39 is 0 Å². The molecule has 0 radical (unpaired) electrons. The van der Waals surface area contributed by atoms with Crippen molar-refractivity contribution in [3.05, 3.63) is 83.9 Å². The Morgan fingerprint density at radius 1 is 0.537 bits per heavy atom. The molecule has 0 fully saturated rings. The van der Waals surface area contributed by atoms with Gasteiger partial charge >= 0.3 is 0 Å². The van der Waals surface area contributed by atoms with Gasteiger partial charge in [0, 0.05) is 46.0 Å². The number of aromatic nitrogens is 1. The maximum atomic E-state index is 10.1. The minimum atomic E-state index is 0.278. The lowest BCUT2D eigenvalue weighted by molar-refractivity contribution is 0.475. The molecule has 0 aliphatic heterocycles. The second-order valence-electron chi connectivity index (χ2n) is 10.9. The highest BCUT2D eigenvalue weighted by atomic mass is 32.1. The zero-order chi connectivity index (χ0) is 27.1. The lowest BCUT2D eigenvalue weighted by atomic mass is 10.2. The van der Waals surface area contributed by atoms with Crippen LogP contribution in [0.1, 0.15) is 11.1 Å². The van der Waals surface area contributed by atoms with Gasteiger partial charge in [-0.3, -0.25) is 0 Å². The van der Waals surface area contributed by atoms with Crippen molar-refractivity contribution in [2.45, 2.75) is 13.8 Å². The van der Waals surface area contributed by atoms with Gasteiger partial charge in [0.05, 0.1) is 29.8 Å². The van der Waals surface area contributed by atoms with Gasteiger partial charge < -0.3 is 14.1 Å². The van der Waals surface area contributed by atoms with Crippen LogP contribution in [0.25, 0.3) is 87.0 Å². The largest absolute Gasteiger partial charge is 0.508 e. The molecule has 4 aromatic carbocycles. The van der Waals surface area contributed by atoms with Crippen LogP contribution in [0.15, 0.2) is 77.2 Å². The topological polar surface area (TPSA) is 38.3 Å². The summed E-state index contributed by atoms with van der Waals surface area (Å²) < 4.78 is 19.3. The summed E-state index contributed by atoms with van der Waals surface area (Å²) in [5.74, 6) is 0.278. The predicted molar refractivity (Wildman–Crippen MR) is 181 cm³/mol. The van der Waals surface area contributed by atoms with E-state index in [9.17, 15) is 5.11 Å². The van der Waals surface area contributed by atoms with Gasteiger partial charge in [0.2, 0.25) is 0 Å².